The van der Waals surface area contributed by atoms with E-state index < -0.39 is 6.10 Å². The smallest absolute Gasteiger partial charge is 0.224 e. The van der Waals surface area contributed by atoms with Gasteiger partial charge in [-0.05, 0) is 30.4 Å². The van der Waals surface area contributed by atoms with E-state index in [9.17, 15) is 9.90 Å². The Labute approximate surface area is 109 Å². The molecule has 0 aliphatic rings. The Balaban J connectivity index is 2.76. The lowest BCUT2D eigenvalue weighted by Gasteiger charge is -2.23. The van der Waals surface area contributed by atoms with Crippen LogP contribution in [0.5, 0.6) is 0 Å². The summed E-state index contributed by atoms with van der Waals surface area (Å²) in [6.07, 6.45) is 0.397. The predicted octanol–water partition coefficient (Wildman–Crippen LogP) is 3.08. The largest absolute Gasteiger partial charge is 0.393 e. The first-order chi connectivity index (χ1) is 8.30. The van der Waals surface area contributed by atoms with Gasteiger partial charge in [-0.1, -0.05) is 39.0 Å². The molecule has 3 nitrogen and oxygen atoms in total. The number of para-hydroxylation sites is 1. The minimum absolute atomic E-state index is 0.00581. The van der Waals surface area contributed by atoms with Crippen molar-refractivity contribution >= 4 is 11.6 Å². The van der Waals surface area contributed by atoms with Crippen LogP contribution in [0.25, 0.3) is 0 Å². The van der Waals surface area contributed by atoms with Crippen LogP contribution in [-0.4, -0.2) is 17.1 Å². The van der Waals surface area contributed by atoms with E-state index in [-0.39, 0.29) is 11.3 Å². The maximum Gasteiger partial charge on any atom is 0.224 e. The lowest BCUT2D eigenvalue weighted by atomic mass is 9.86. The van der Waals surface area contributed by atoms with Gasteiger partial charge in [0.05, 0.1) is 6.10 Å². The van der Waals surface area contributed by atoms with Gasteiger partial charge < -0.3 is 10.4 Å². The van der Waals surface area contributed by atoms with Gasteiger partial charge in [-0.15, -0.1) is 0 Å². The monoisotopic (exact) mass is 249 g/mol. The first kappa shape index (κ1) is 14.7. The van der Waals surface area contributed by atoms with E-state index >= 15 is 0 Å². The average molecular weight is 249 g/mol. The fourth-order valence-electron chi connectivity index (χ4n) is 1.80. The van der Waals surface area contributed by atoms with E-state index in [0.29, 0.717) is 12.8 Å². The van der Waals surface area contributed by atoms with Gasteiger partial charge in [0.1, 0.15) is 0 Å². The Morgan fingerprint density at radius 1 is 1.33 bits per heavy atom. The molecule has 2 N–H and O–H groups in total. The lowest BCUT2D eigenvalue weighted by Crippen LogP contribution is -2.19. The van der Waals surface area contributed by atoms with E-state index in [4.69, 9.17) is 0 Å². The van der Waals surface area contributed by atoms with Crippen LogP contribution in [0.1, 0.15) is 46.1 Å². The van der Waals surface area contributed by atoms with E-state index in [1.54, 1.807) is 6.92 Å². The van der Waals surface area contributed by atoms with Gasteiger partial charge in [0.25, 0.3) is 0 Å². The third-order valence-corrected chi connectivity index (χ3v) is 2.80. The van der Waals surface area contributed by atoms with Crippen LogP contribution in [-0.2, 0) is 10.2 Å². The number of nitrogens with one attached hydrogen (secondary N) is 1. The van der Waals surface area contributed by atoms with Crippen LogP contribution < -0.4 is 5.32 Å². The molecule has 0 fully saturated rings. The molecule has 0 radical (unpaired) electrons. The molecule has 0 spiro atoms. The van der Waals surface area contributed by atoms with Crippen LogP contribution in [0.2, 0.25) is 0 Å². The van der Waals surface area contributed by atoms with Crippen molar-refractivity contribution in [3.8, 4) is 0 Å². The highest BCUT2D eigenvalue weighted by molar-refractivity contribution is 5.91. The number of benzene rings is 1. The predicted molar refractivity (Wildman–Crippen MR) is 74.7 cm³/mol. The molecule has 1 rings (SSSR count). The van der Waals surface area contributed by atoms with Gasteiger partial charge in [0, 0.05) is 12.1 Å². The van der Waals surface area contributed by atoms with Gasteiger partial charge in [-0.3, -0.25) is 4.79 Å². The van der Waals surface area contributed by atoms with Crippen molar-refractivity contribution < 1.29 is 9.90 Å². The third-order valence-electron chi connectivity index (χ3n) is 2.80. The second-order valence-electron chi connectivity index (χ2n) is 5.73. The fraction of sp³-hybridized carbons (Fsp3) is 0.533. The van der Waals surface area contributed by atoms with Crippen molar-refractivity contribution in [2.24, 2.45) is 0 Å². The van der Waals surface area contributed by atoms with Crippen molar-refractivity contribution in [2.75, 3.05) is 5.32 Å². The number of carbonyl (C=O) groups excluding carboxylic acids is 1. The Morgan fingerprint density at radius 3 is 2.50 bits per heavy atom. The molecule has 0 aliphatic carbocycles. The molecule has 0 aliphatic heterocycles. The van der Waals surface area contributed by atoms with Gasteiger partial charge in [0.2, 0.25) is 5.91 Å². The van der Waals surface area contributed by atoms with E-state index in [2.05, 4.69) is 26.1 Å². The van der Waals surface area contributed by atoms with Crippen molar-refractivity contribution in [3.63, 3.8) is 0 Å². The molecule has 0 bridgehead atoms. The summed E-state index contributed by atoms with van der Waals surface area (Å²) in [7, 11) is 0. The Kier molecular flexibility index (Phi) is 4.91. The standard InChI is InChI=1S/C15H23NO2/c1-11(17)9-10-14(18)16-13-8-6-5-7-12(13)15(2,3)4/h5-8,11,17H,9-10H2,1-4H3,(H,16,18). The summed E-state index contributed by atoms with van der Waals surface area (Å²) in [4.78, 5) is 11.8. The third kappa shape index (κ3) is 4.49. The molecule has 0 saturated carbocycles. The van der Waals surface area contributed by atoms with Crippen molar-refractivity contribution in [3.05, 3.63) is 29.8 Å². The van der Waals surface area contributed by atoms with Crippen LogP contribution in [0.15, 0.2) is 24.3 Å². The maximum atomic E-state index is 11.8. The van der Waals surface area contributed by atoms with E-state index in [1.165, 1.54) is 0 Å². The zero-order valence-corrected chi connectivity index (χ0v) is 11.7. The molecule has 0 heterocycles. The SMILES string of the molecule is CC(O)CCC(=O)Nc1ccccc1C(C)(C)C. The maximum absolute atomic E-state index is 11.8. The molecule has 1 aromatic carbocycles. The van der Waals surface area contributed by atoms with Gasteiger partial charge >= 0.3 is 0 Å². The number of hydrogen-bond acceptors (Lipinski definition) is 2. The molecular weight excluding hydrogens is 226 g/mol. The Morgan fingerprint density at radius 2 is 1.94 bits per heavy atom. The second kappa shape index (κ2) is 6.01. The summed E-state index contributed by atoms with van der Waals surface area (Å²) >= 11 is 0. The highest BCUT2D eigenvalue weighted by Crippen LogP contribution is 2.29. The summed E-state index contributed by atoms with van der Waals surface area (Å²) < 4.78 is 0. The number of amides is 1. The molecule has 1 atom stereocenters. The van der Waals surface area contributed by atoms with Gasteiger partial charge in [-0.25, -0.2) is 0 Å². The molecule has 3 heteroatoms. The lowest BCUT2D eigenvalue weighted by molar-refractivity contribution is -0.116. The number of aliphatic hydroxyl groups is 1. The number of rotatable bonds is 4. The zero-order chi connectivity index (χ0) is 13.8. The Hall–Kier alpha value is -1.35. The molecule has 1 amide bonds. The minimum atomic E-state index is -0.436. The summed E-state index contributed by atoms with van der Waals surface area (Å²) in [5, 5.41) is 12.1. The normalized spacial score (nSPS) is 13.2. The molecular formula is C15H23NO2. The van der Waals surface area contributed by atoms with Crippen LogP contribution >= 0.6 is 0 Å². The van der Waals surface area contributed by atoms with E-state index in [1.807, 2.05) is 24.3 Å². The number of hydrogen-bond donors (Lipinski definition) is 2. The molecule has 1 unspecified atom stereocenters. The van der Waals surface area contributed by atoms with Gasteiger partial charge in [-0.2, -0.15) is 0 Å². The highest BCUT2D eigenvalue weighted by Gasteiger charge is 2.18. The summed E-state index contributed by atoms with van der Waals surface area (Å²) in [6.45, 7) is 8.05. The molecule has 0 saturated heterocycles. The van der Waals surface area contributed by atoms with Crippen molar-refractivity contribution in [1.82, 2.24) is 0 Å². The summed E-state index contributed by atoms with van der Waals surface area (Å²) in [5.74, 6) is -0.0485. The summed E-state index contributed by atoms with van der Waals surface area (Å²) in [5.41, 5.74) is 1.98. The first-order valence-corrected chi connectivity index (χ1v) is 6.38. The van der Waals surface area contributed by atoms with Crippen molar-refractivity contribution in [2.45, 2.75) is 52.1 Å². The molecule has 1 aromatic rings. The number of anilines is 1. The minimum Gasteiger partial charge on any atom is -0.393 e. The average Bonchev–Trinajstić information content (AvgIpc) is 2.25. The van der Waals surface area contributed by atoms with Crippen LogP contribution in [0, 0.1) is 0 Å². The first-order valence-electron chi connectivity index (χ1n) is 6.38. The molecule has 100 valence electrons. The van der Waals surface area contributed by atoms with Crippen molar-refractivity contribution in [1.29, 1.82) is 0 Å². The van der Waals surface area contributed by atoms with Crippen LogP contribution in [0.3, 0.4) is 0 Å². The topological polar surface area (TPSA) is 49.3 Å². The second-order valence-corrected chi connectivity index (χ2v) is 5.73. The van der Waals surface area contributed by atoms with Gasteiger partial charge in [0.15, 0.2) is 0 Å². The number of aliphatic hydroxyl groups excluding tert-OH is 1. The fourth-order valence-corrected chi connectivity index (χ4v) is 1.80. The molecule has 18 heavy (non-hydrogen) atoms. The zero-order valence-electron chi connectivity index (χ0n) is 11.7. The highest BCUT2D eigenvalue weighted by atomic mass is 16.3. The quantitative estimate of drug-likeness (QED) is 0.861. The van der Waals surface area contributed by atoms with E-state index in [0.717, 1.165) is 11.3 Å². The Bertz CT molecular complexity index is 405. The number of carbonyl (C=O) groups is 1. The summed E-state index contributed by atoms with van der Waals surface area (Å²) in [6, 6.07) is 7.84. The van der Waals surface area contributed by atoms with Crippen LogP contribution in [0.4, 0.5) is 5.69 Å². The molecule has 0 aromatic heterocycles.